The Balaban J connectivity index is 1.84. The SMILES string of the molecule is OC[C@@]12CCC[C@H]1CN(c1cc(Cl)ncn1)C2. The molecule has 4 nitrogen and oxygen atoms in total. The summed E-state index contributed by atoms with van der Waals surface area (Å²) in [6.07, 6.45) is 5.08. The highest BCUT2D eigenvalue weighted by molar-refractivity contribution is 6.29. The third-order valence-corrected chi connectivity index (χ3v) is 4.50. The Morgan fingerprint density at radius 1 is 1.53 bits per heavy atom. The number of hydrogen-bond acceptors (Lipinski definition) is 4. The predicted molar refractivity (Wildman–Crippen MR) is 66.1 cm³/mol. The number of hydrogen-bond donors (Lipinski definition) is 1. The molecule has 0 unspecified atom stereocenters. The monoisotopic (exact) mass is 253 g/mol. The third kappa shape index (κ3) is 1.79. The van der Waals surface area contributed by atoms with Gasteiger partial charge in [0.2, 0.25) is 0 Å². The van der Waals surface area contributed by atoms with Gasteiger partial charge >= 0.3 is 0 Å². The van der Waals surface area contributed by atoms with E-state index >= 15 is 0 Å². The molecule has 1 aliphatic heterocycles. The van der Waals surface area contributed by atoms with E-state index in [0.29, 0.717) is 11.1 Å². The molecule has 2 fully saturated rings. The maximum atomic E-state index is 9.66. The molecule has 1 N–H and O–H groups in total. The lowest BCUT2D eigenvalue weighted by Crippen LogP contribution is -2.31. The van der Waals surface area contributed by atoms with E-state index in [0.717, 1.165) is 25.3 Å². The Labute approximate surface area is 106 Å². The summed E-state index contributed by atoms with van der Waals surface area (Å²) in [5, 5.41) is 10.1. The third-order valence-electron chi connectivity index (χ3n) is 4.30. The molecule has 0 amide bonds. The number of rotatable bonds is 2. The lowest BCUT2D eigenvalue weighted by molar-refractivity contribution is 0.121. The van der Waals surface area contributed by atoms with Crippen LogP contribution in [0.25, 0.3) is 0 Å². The number of aliphatic hydroxyl groups is 1. The van der Waals surface area contributed by atoms with Crippen LogP contribution in [0.15, 0.2) is 12.4 Å². The van der Waals surface area contributed by atoms with Crippen molar-refractivity contribution < 1.29 is 5.11 Å². The van der Waals surface area contributed by atoms with Crippen molar-refractivity contribution in [1.29, 1.82) is 0 Å². The van der Waals surface area contributed by atoms with Gasteiger partial charge in [0.25, 0.3) is 0 Å². The fourth-order valence-corrected chi connectivity index (χ4v) is 3.49. The van der Waals surface area contributed by atoms with Crippen molar-refractivity contribution in [2.75, 3.05) is 24.6 Å². The zero-order valence-electron chi connectivity index (χ0n) is 9.64. The van der Waals surface area contributed by atoms with Gasteiger partial charge < -0.3 is 10.0 Å². The maximum absolute atomic E-state index is 9.66. The van der Waals surface area contributed by atoms with Gasteiger partial charge in [-0.1, -0.05) is 18.0 Å². The summed E-state index contributed by atoms with van der Waals surface area (Å²) in [6, 6.07) is 1.80. The molecule has 17 heavy (non-hydrogen) atoms. The van der Waals surface area contributed by atoms with Crippen LogP contribution < -0.4 is 4.90 Å². The Hall–Kier alpha value is -0.870. The van der Waals surface area contributed by atoms with Crippen molar-refractivity contribution in [3.05, 3.63) is 17.5 Å². The van der Waals surface area contributed by atoms with Crippen LogP contribution in [0.4, 0.5) is 5.82 Å². The molecular weight excluding hydrogens is 238 g/mol. The van der Waals surface area contributed by atoms with E-state index in [2.05, 4.69) is 14.9 Å². The van der Waals surface area contributed by atoms with Crippen molar-refractivity contribution in [3.63, 3.8) is 0 Å². The largest absolute Gasteiger partial charge is 0.396 e. The van der Waals surface area contributed by atoms with E-state index in [9.17, 15) is 5.11 Å². The smallest absolute Gasteiger partial charge is 0.134 e. The summed E-state index contributed by atoms with van der Waals surface area (Å²) in [4.78, 5) is 10.4. The summed E-state index contributed by atoms with van der Waals surface area (Å²) < 4.78 is 0. The molecule has 0 spiro atoms. The molecule has 5 heteroatoms. The first-order chi connectivity index (χ1) is 8.23. The quantitative estimate of drug-likeness (QED) is 0.816. The van der Waals surface area contributed by atoms with Gasteiger partial charge in [0.1, 0.15) is 17.3 Å². The van der Waals surface area contributed by atoms with Crippen LogP contribution >= 0.6 is 11.6 Å². The van der Waals surface area contributed by atoms with E-state index in [1.807, 2.05) is 0 Å². The van der Waals surface area contributed by atoms with Crippen LogP contribution in [0.2, 0.25) is 5.15 Å². The first-order valence-electron chi connectivity index (χ1n) is 6.07. The fourth-order valence-electron chi connectivity index (χ4n) is 3.34. The molecule has 92 valence electrons. The number of nitrogens with zero attached hydrogens (tertiary/aromatic N) is 3. The summed E-state index contributed by atoms with van der Waals surface area (Å²) in [5.74, 6) is 1.48. The maximum Gasteiger partial charge on any atom is 0.134 e. The number of aliphatic hydroxyl groups excluding tert-OH is 1. The van der Waals surface area contributed by atoms with Crippen LogP contribution in [-0.4, -0.2) is 34.8 Å². The van der Waals surface area contributed by atoms with Gasteiger partial charge in [0.15, 0.2) is 0 Å². The second kappa shape index (κ2) is 4.10. The van der Waals surface area contributed by atoms with E-state index in [4.69, 9.17) is 11.6 Å². The Morgan fingerprint density at radius 2 is 2.41 bits per heavy atom. The number of halogens is 1. The number of fused-ring (bicyclic) bond motifs is 1. The molecule has 0 aromatic carbocycles. The van der Waals surface area contributed by atoms with Crippen LogP contribution in [0.3, 0.4) is 0 Å². The Bertz CT molecular complexity index is 428. The molecule has 1 saturated heterocycles. The minimum absolute atomic E-state index is 0.0947. The van der Waals surface area contributed by atoms with E-state index in [-0.39, 0.29) is 12.0 Å². The topological polar surface area (TPSA) is 49.2 Å². The molecule has 1 aromatic rings. The molecule has 2 atom stereocenters. The van der Waals surface area contributed by atoms with Crippen LogP contribution in [0.1, 0.15) is 19.3 Å². The van der Waals surface area contributed by atoms with Gasteiger partial charge in [-0.15, -0.1) is 0 Å². The Kier molecular flexibility index (Phi) is 2.71. The van der Waals surface area contributed by atoms with E-state index in [1.165, 1.54) is 19.2 Å². The van der Waals surface area contributed by atoms with Crippen molar-refractivity contribution in [2.45, 2.75) is 19.3 Å². The normalized spacial score (nSPS) is 31.9. The van der Waals surface area contributed by atoms with Gasteiger partial charge in [-0.3, -0.25) is 0 Å². The summed E-state index contributed by atoms with van der Waals surface area (Å²) in [6.45, 7) is 2.16. The molecule has 1 aliphatic carbocycles. The highest BCUT2D eigenvalue weighted by atomic mass is 35.5. The average molecular weight is 254 g/mol. The summed E-state index contributed by atoms with van der Waals surface area (Å²) in [7, 11) is 0. The van der Waals surface area contributed by atoms with Crippen LogP contribution in [0, 0.1) is 11.3 Å². The van der Waals surface area contributed by atoms with Crippen molar-refractivity contribution in [3.8, 4) is 0 Å². The fraction of sp³-hybridized carbons (Fsp3) is 0.667. The molecule has 1 saturated carbocycles. The first kappa shape index (κ1) is 11.2. The molecule has 0 bridgehead atoms. The standard InChI is InChI=1S/C12H16ClN3O/c13-10-4-11(15-8-14-10)16-5-9-2-1-3-12(9,6-16)7-17/h4,8-9,17H,1-3,5-7H2/t9-,12-/m0/s1. The molecule has 2 heterocycles. The predicted octanol–water partition coefficient (Wildman–Crippen LogP) is 1.73. The highest BCUT2D eigenvalue weighted by Gasteiger charge is 2.49. The van der Waals surface area contributed by atoms with Crippen LogP contribution in [-0.2, 0) is 0 Å². The lowest BCUT2D eigenvalue weighted by atomic mass is 9.82. The van der Waals surface area contributed by atoms with Gasteiger partial charge in [-0.2, -0.15) is 0 Å². The lowest BCUT2D eigenvalue weighted by Gasteiger charge is -2.26. The number of aromatic nitrogens is 2. The molecule has 0 radical (unpaired) electrons. The average Bonchev–Trinajstić information content (AvgIpc) is 2.85. The van der Waals surface area contributed by atoms with Gasteiger partial charge in [-0.05, 0) is 18.8 Å². The zero-order valence-corrected chi connectivity index (χ0v) is 10.4. The summed E-state index contributed by atoms with van der Waals surface area (Å²) >= 11 is 5.89. The first-order valence-corrected chi connectivity index (χ1v) is 6.45. The van der Waals surface area contributed by atoms with Gasteiger partial charge in [0, 0.05) is 24.6 Å². The zero-order chi connectivity index (χ0) is 11.9. The molecule has 3 rings (SSSR count). The van der Waals surface area contributed by atoms with Crippen molar-refractivity contribution in [2.24, 2.45) is 11.3 Å². The molecule has 2 aliphatic rings. The van der Waals surface area contributed by atoms with E-state index < -0.39 is 0 Å². The minimum Gasteiger partial charge on any atom is -0.396 e. The molecule has 1 aromatic heterocycles. The Morgan fingerprint density at radius 3 is 3.12 bits per heavy atom. The second-order valence-electron chi connectivity index (χ2n) is 5.19. The summed E-state index contributed by atoms with van der Waals surface area (Å²) in [5.41, 5.74) is 0.0947. The second-order valence-corrected chi connectivity index (χ2v) is 5.58. The minimum atomic E-state index is 0.0947. The highest BCUT2D eigenvalue weighted by Crippen LogP contribution is 2.49. The van der Waals surface area contributed by atoms with Crippen LogP contribution in [0.5, 0.6) is 0 Å². The van der Waals surface area contributed by atoms with Gasteiger partial charge in [-0.25, -0.2) is 9.97 Å². The van der Waals surface area contributed by atoms with E-state index in [1.54, 1.807) is 6.07 Å². The number of anilines is 1. The van der Waals surface area contributed by atoms with Crippen molar-refractivity contribution >= 4 is 17.4 Å². The van der Waals surface area contributed by atoms with Crippen molar-refractivity contribution in [1.82, 2.24) is 9.97 Å². The molecular formula is C12H16ClN3O. The van der Waals surface area contributed by atoms with Gasteiger partial charge in [0.05, 0.1) is 6.61 Å².